The van der Waals surface area contributed by atoms with Gasteiger partial charge in [-0.05, 0) is 113 Å². The molecule has 0 heterocycles. The molecular weight excluding hydrogens is 554 g/mol. The predicted molar refractivity (Wildman–Crippen MR) is 183 cm³/mol. The van der Waals surface area contributed by atoms with E-state index in [0.29, 0.717) is 46.9 Å². The zero-order valence-electron chi connectivity index (χ0n) is 27.9. The van der Waals surface area contributed by atoms with Crippen LogP contribution in [0.25, 0.3) is 5.57 Å². The van der Waals surface area contributed by atoms with Gasteiger partial charge in [0, 0.05) is 41.3 Å². The van der Waals surface area contributed by atoms with Gasteiger partial charge in [0.05, 0.1) is 5.71 Å². The van der Waals surface area contributed by atoms with E-state index in [2.05, 4.69) is 43.0 Å². The van der Waals surface area contributed by atoms with Crippen LogP contribution in [-0.2, 0) is 0 Å². The van der Waals surface area contributed by atoms with Crippen molar-refractivity contribution < 1.29 is 13.6 Å². The van der Waals surface area contributed by atoms with Crippen LogP contribution in [0.15, 0.2) is 58.8 Å². The van der Waals surface area contributed by atoms with E-state index in [4.69, 9.17) is 5.41 Å². The Hall–Kier alpha value is -3.74. The summed E-state index contributed by atoms with van der Waals surface area (Å²) in [6, 6.07) is 8.73. The van der Waals surface area contributed by atoms with Crippen LogP contribution in [0.2, 0.25) is 0 Å². The molecular formula is C37H50F2N4O. The fourth-order valence-corrected chi connectivity index (χ4v) is 4.96. The van der Waals surface area contributed by atoms with E-state index in [0.717, 1.165) is 42.6 Å². The maximum atomic E-state index is 14.4. The second kappa shape index (κ2) is 17.5. The third-order valence-corrected chi connectivity index (χ3v) is 7.91. The summed E-state index contributed by atoms with van der Waals surface area (Å²) in [6.07, 6.45) is 9.21. The molecule has 0 radical (unpaired) electrons. The van der Waals surface area contributed by atoms with Crippen LogP contribution in [0.1, 0.15) is 108 Å². The maximum absolute atomic E-state index is 14.4. The summed E-state index contributed by atoms with van der Waals surface area (Å²) in [6.45, 7) is 17.4. The lowest BCUT2D eigenvalue weighted by atomic mass is 9.88. The van der Waals surface area contributed by atoms with Crippen molar-refractivity contribution in [1.82, 2.24) is 0 Å². The van der Waals surface area contributed by atoms with Gasteiger partial charge in [-0.15, -0.1) is 0 Å². The molecule has 2 aromatic carbocycles. The van der Waals surface area contributed by atoms with E-state index < -0.39 is 11.6 Å². The fraction of sp³-hybridized carbons (Fsp3) is 0.459. The number of anilines is 1. The number of allylic oxidation sites excluding steroid dienone is 2. The van der Waals surface area contributed by atoms with Gasteiger partial charge in [-0.25, -0.2) is 13.8 Å². The average Bonchev–Trinajstić information content (AvgIpc) is 2.98. The number of rotatable bonds is 15. The Bertz CT molecular complexity index is 1440. The van der Waals surface area contributed by atoms with Crippen LogP contribution < -0.4 is 5.32 Å². The minimum atomic E-state index is -0.888. The summed E-state index contributed by atoms with van der Waals surface area (Å²) in [5.41, 5.74) is 4.62. The standard InChI is InChI=1S/C37H50F2N4O/c1-10-19-41-37(29(9)42-22-28(8)32-15-13-26(6)35(38)36(32)39)43-30-14-16-31(27(7)21-30)34(44)18-12-25(5)20-24(4)11-17-33(40)23(2)3/h10,13-16,19,21-25,40H,11-12,17-18,20H2,1-9H3,(H,41,43)/b19-10-,28-22+,40-33?,42-29+. The highest BCUT2D eigenvalue weighted by molar-refractivity contribution is 6.45. The molecule has 0 amide bonds. The Kier molecular flexibility index (Phi) is 14.5. The summed E-state index contributed by atoms with van der Waals surface area (Å²) in [7, 11) is 0. The maximum Gasteiger partial charge on any atom is 0.166 e. The topological polar surface area (TPSA) is 77.7 Å². The Morgan fingerprint density at radius 3 is 2.16 bits per heavy atom. The number of nitrogens with zero attached hydrogens (tertiary/aromatic N) is 2. The van der Waals surface area contributed by atoms with Crippen molar-refractivity contribution in [2.24, 2.45) is 27.7 Å². The Labute approximate surface area is 263 Å². The number of halogens is 2. The van der Waals surface area contributed by atoms with Crippen molar-refractivity contribution >= 4 is 34.3 Å². The summed E-state index contributed by atoms with van der Waals surface area (Å²) < 4.78 is 28.5. The van der Waals surface area contributed by atoms with Gasteiger partial charge in [0.25, 0.3) is 0 Å². The van der Waals surface area contributed by atoms with E-state index >= 15 is 0 Å². The third kappa shape index (κ3) is 11.1. The molecule has 0 spiro atoms. The number of benzene rings is 2. The van der Waals surface area contributed by atoms with Crippen LogP contribution >= 0.6 is 0 Å². The van der Waals surface area contributed by atoms with Gasteiger partial charge in [-0.1, -0.05) is 45.9 Å². The first-order valence-corrected chi connectivity index (χ1v) is 15.6. The highest BCUT2D eigenvalue weighted by atomic mass is 19.2. The Morgan fingerprint density at radius 2 is 1.55 bits per heavy atom. The van der Waals surface area contributed by atoms with Gasteiger partial charge in [0.15, 0.2) is 23.3 Å². The van der Waals surface area contributed by atoms with Gasteiger partial charge >= 0.3 is 0 Å². The molecule has 0 aromatic heterocycles. The summed E-state index contributed by atoms with van der Waals surface area (Å²) >= 11 is 0. The van der Waals surface area contributed by atoms with Crippen molar-refractivity contribution in [3.63, 3.8) is 0 Å². The normalized spacial score (nSPS) is 14.3. The fourth-order valence-electron chi connectivity index (χ4n) is 4.96. The average molecular weight is 605 g/mol. The van der Waals surface area contributed by atoms with Crippen LogP contribution in [-0.4, -0.2) is 23.0 Å². The first kappa shape index (κ1) is 36.5. The third-order valence-electron chi connectivity index (χ3n) is 7.91. The molecule has 2 aromatic rings. The molecule has 238 valence electrons. The van der Waals surface area contributed by atoms with Crippen LogP contribution in [0, 0.1) is 48.6 Å². The largest absolute Gasteiger partial charge is 0.339 e. The molecule has 0 fully saturated rings. The van der Waals surface area contributed by atoms with E-state index in [9.17, 15) is 13.6 Å². The monoisotopic (exact) mass is 604 g/mol. The second-order valence-corrected chi connectivity index (χ2v) is 12.3. The number of amidine groups is 1. The second-order valence-electron chi connectivity index (χ2n) is 12.3. The number of carbonyl (C=O) groups is 1. The zero-order chi connectivity index (χ0) is 33.0. The summed E-state index contributed by atoms with van der Waals surface area (Å²) in [4.78, 5) is 22.0. The van der Waals surface area contributed by atoms with Crippen molar-refractivity contribution in [1.29, 1.82) is 5.41 Å². The molecule has 2 rings (SSSR count). The minimum absolute atomic E-state index is 0.135. The van der Waals surface area contributed by atoms with Crippen molar-refractivity contribution in [2.75, 3.05) is 5.32 Å². The quantitative estimate of drug-likeness (QED) is 0.120. The van der Waals surface area contributed by atoms with E-state index in [1.807, 2.05) is 32.0 Å². The van der Waals surface area contributed by atoms with Gasteiger partial charge in [0.2, 0.25) is 0 Å². The number of hydrogen-bond donors (Lipinski definition) is 2. The summed E-state index contributed by atoms with van der Waals surface area (Å²) in [5, 5.41) is 11.4. The van der Waals surface area contributed by atoms with E-state index in [1.54, 1.807) is 38.3 Å². The van der Waals surface area contributed by atoms with Crippen molar-refractivity contribution in [3.8, 4) is 0 Å². The highest BCUT2D eigenvalue weighted by Gasteiger charge is 2.16. The lowest BCUT2D eigenvalue weighted by Crippen LogP contribution is -2.20. The predicted octanol–water partition coefficient (Wildman–Crippen LogP) is 10.5. The molecule has 0 bridgehead atoms. The molecule has 2 atom stereocenters. The van der Waals surface area contributed by atoms with Crippen LogP contribution in [0.3, 0.4) is 0 Å². The van der Waals surface area contributed by atoms with Gasteiger partial charge in [0.1, 0.15) is 0 Å². The SMILES string of the molecule is C\C=C/N=C(Nc1ccc(C(=O)CCC(C)CC(C)CCC(=N)C(C)C)c(C)c1)\C(C)=N\C=C(/C)c1ccc(C)c(F)c1F. The smallest absolute Gasteiger partial charge is 0.166 e. The number of ketones is 1. The lowest BCUT2D eigenvalue weighted by Gasteiger charge is -2.18. The molecule has 7 heteroatoms. The lowest BCUT2D eigenvalue weighted by molar-refractivity contribution is 0.0972. The van der Waals surface area contributed by atoms with Crippen LogP contribution in [0.5, 0.6) is 0 Å². The first-order chi connectivity index (χ1) is 20.7. The molecule has 0 aliphatic rings. The minimum Gasteiger partial charge on any atom is -0.339 e. The van der Waals surface area contributed by atoms with E-state index in [1.165, 1.54) is 13.1 Å². The molecule has 0 saturated heterocycles. The first-order valence-electron chi connectivity index (χ1n) is 15.6. The number of nitrogens with one attached hydrogen (secondary N) is 2. The number of Topliss-reactive ketones (excluding diaryl/α,β-unsaturated/α-hetero) is 1. The van der Waals surface area contributed by atoms with Crippen molar-refractivity contribution in [2.45, 2.75) is 94.4 Å². The summed E-state index contributed by atoms with van der Waals surface area (Å²) in [5.74, 6) is 0.162. The van der Waals surface area contributed by atoms with Gasteiger partial charge in [-0.3, -0.25) is 9.79 Å². The van der Waals surface area contributed by atoms with Gasteiger partial charge in [-0.2, -0.15) is 0 Å². The molecule has 44 heavy (non-hydrogen) atoms. The van der Waals surface area contributed by atoms with Crippen molar-refractivity contribution in [3.05, 3.63) is 82.7 Å². The molecule has 2 unspecified atom stereocenters. The Morgan fingerprint density at radius 1 is 0.909 bits per heavy atom. The molecule has 0 saturated carbocycles. The number of aliphatic imine (C=N–C) groups is 2. The molecule has 0 aliphatic heterocycles. The number of aryl methyl sites for hydroxylation is 2. The molecule has 2 N–H and O–H groups in total. The van der Waals surface area contributed by atoms with E-state index in [-0.39, 0.29) is 16.9 Å². The molecule has 0 aliphatic carbocycles. The van der Waals surface area contributed by atoms with Gasteiger partial charge < -0.3 is 10.7 Å². The highest BCUT2D eigenvalue weighted by Crippen LogP contribution is 2.25. The zero-order valence-corrected chi connectivity index (χ0v) is 27.9. The Balaban J connectivity index is 2.08. The van der Waals surface area contributed by atoms with Crippen LogP contribution in [0.4, 0.5) is 14.5 Å². The number of hydrogen-bond acceptors (Lipinski definition) is 4. The molecule has 5 nitrogen and oxygen atoms in total. The number of carbonyl (C=O) groups excluding carboxylic acids is 1.